The molecule has 1 aromatic carbocycles. The van der Waals surface area contributed by atoms with E-state index in [4.69, 9.17) is 14.6 Å². The second-order valence-electron chi connectivity index (χ2n) is 5.74. The quantitative estimate of drug-likeness (QED) is 0.765. The van der Waals surface area contributed by atoms with E-state index >= 15 is 0 Å². The van der Waals surface area contributed by atoms with E-state index in [-0.39, 0.29) is 12.5 Å². The molecule has 0 fully saturated rings. The zero-order valence-electron chi connectivity index (χ0n) is 14.3. The Bertz CT molecular complexity index is 556. The second-order valence-corrected chi connectivity index (χ2v) is 5.74. The van der Waals surface area contributed by atoms with Crippen LogP contribution in [-0.2, 0) is 14.3 Å². The number of carboxylic acid groups (broad SMARTS) is 1. The molecule has 0 spiro atoms. The maximum Gasteiger partial charge on any atom is 0.334 e. The third-order valence-electron chi connectivity index (χ3n) is 3.57. The van der Waals surface area contributed by atoms with Gasteiger partial charge in [-0.15, -0.1) is 0 Å². The predicted octanol–water partition coefficient (Wildman–Crippen LogP) is 2.10. The van der Waals surface area contributed by atoms with Gasteiger partial charge in [-0.1, -0.05) is 19.9 Å². The van der Waals surface area contributed by atoms with E-state index in [1.165, 1.54) is 12.7 Å². The SMILES string of the molecule is COC(CNC(=O)C(C)Oc1ccc(C(C)C)c(C)c1)C(=O)O. The Kier molecular flexibility index (Phi) is 7.03. The Hall–Kier alpha value is -2.08. The number of methoxy groups -OCH3 is 1. The molecule has 6 nitrogen and oxygen atoms in total. The lowest BCUT2D eigenvalue weighted by atomic mass is 9.98. The third-order valence-corrected chi connectivity index (χ3v) is 3.57. The lowest BCUT2D eigenvalue weighted by molar-refractivity contribution is -0.148. The van der Waals surface area contributed by atoms with Crippen molar-refractivity contribution in [1.29, 1.82) is 0 Å². The fourth-order valence-electron chi connectivity index (χ4n) is 2.24. The first-order chi connectivity index (χ1) is 10.8. The number of amides is 1. The average Bonchev–Trinajstić information content (AvgIpc) is 2.46. The van der Waals surface area contributed by atoms with Gasteiger partial charge in [-0.3, -0.25) is 4.79 Å². The molecule has 6 heteroatoms. The van der Waals surface area contributed by atoms with Crippen LogP contribution in [0.15, 0.2) is 18.2 Å². The number of carbonyl (C=O) groups is 2. The number of benzene rings is 1. The molecular formula is C17H25NO5. The number of aryl methyl sites for hydroxylation is 1. The average molecular weight is 323 g/mol. The molecule has 1 aromatic rings. The lowest BCUT2D eigenvalue weighted by Gasteiger charge is -2.18. The second kappa shape index (κ2) is 8.53. The van der Waals surface area contributed by atoms with Crippen molar-refractivity contribution in [2.24, 2.45) is 0 Å². The molecular weight excluding hydrogens is 298 g/mol. The van der Waals surface area contributed by atoms with Crippen LogP contribution in [0, 0.1) is 6.92 Å². The molecule has 2 N–H and O–H groups in total. The highest BCUT2D eigenvalue weighted by molar-refractivity contribution is 5.81. The van der Waals surface area contributed by atoms with Crippen molar-refractivity contribution in [2.75, 3.05) is 13.7 Å². The summed E-state index contributed by atoms with van der Waals surface area (Å²) >= 11 is 0. The summed E-state index contributed by atoms with van der Waals surface area (Å²) in [6, 6.07) is 5.72. The molecule has 0 radical (unpaired) electrons. The summed E-state index contributed by atoms with van der Waals surface area (Å²) in [6.45, 7) is 7.75. The van der Waals surface area contributed by atoms with Crippen molar-refractivity contribution in [3.63, 3.8) is 0 Å². The van der Waals surface area contributed by atoms with Gasteiger partial charge in [0.15, 0.2) is 12.2 Å². The summed E-state index contributed by atoms with van der Waals surface area (Å²) in [5.74, 6) is -0.483. The minimum Gasteiger partial charge on any atom is -0.481 e. The number of rotatable bonds is 8. The van der Waals surface area contributed by atoms with Crippen LogP contribution in [0.25, 0.3) is 0 Å². The highest BCUT2D eigenvalue weighted by Gasteiger charge is 2.20. The van der Waals surface area contributed by atoms with Crippen molar-refractivity contribution in [1.82, 2.24) is 5.32 Å². The monoisotopic (exact) mass is 323 g/mol. The van der Waals surface area contributed by atoms with Crippen molar-refractivity contribution in [3.8, 4) is 5.75 Å². The zero-order valence-corrected chi connectivity index (χ0v) is 14.3. The molecule has 0 saturated carbocycles. The predicted molar refractivity (Wildman–Crippen MR) is 86.8 cm³/mol. The van der Waals surface area contributed by atoms with E-state index in [1.54, 1.807) is 6.92 Å². The Morgan fingerprint density at radius 1 is 1.26 bits per heavy atom. The molecule has 1 amide bonds. The summed E-state index contributed by atoms with van der Waals surface area (Å²) in [6.07, 6.45) is -1.80. The Morgan fingerprint density at radius 2 is 1.91 bits per heavy atom. The minimum atomic E-state index is -1.12. The fourth-order valence-corrected chi connectivity index (χ4v) is 2.24. The maximum atomic E-state index is 12.0. The lowest BCUT2D eigenvalue weighted by Crippen LogP contribution is -2.43. The number of carbonyl (C=O) groups excluding carboxylic acids is 1. The molecule has 0 aliphatic heterocycles. The topological polar surface area (TPSA) is 84.9 Å². The molecule has 0 aliphatic carbocycles. The van der Waals surface area contributed by atoms with Crippen molar-refractivity contribution in [3.05, 3.63) is 29.3 Å². The van der Waals surface area contributed by atoms with E-state index in [1.807, 2.05) is 25.1 Å². The van der Waals surface area contributed by atoms with Gasteiger partial charge in [0.05, 0.1) is 6.54 Å². The van der Waals surface area contributed by atoms with Gasteiger partial charge >= 0.3 is 5.97 Å². The van der Waals surface area contributed by atoms with Crippen LogP contribution in [0.1, 0.15) is 37.8 Å². The number of carboxylic acids is 1. The van der Waals surface area contributed by atoms with Gasteiger partial charge in [-0.2, -0.15) is 0 Å². The summed E-state index contributed by atoms with van der Waals surface area (Å²) in [7, 11) is 1.28. The number of hydrogen-bond donors (Lipinski definition) is 2. The highest BCUT2D eigenvalue weighted by Crippen LogP contribution is 2.24. The smallest absolute Gasteiger partial charge is 0.334 e. The van der Waals surface area contributed by atoms with E-state index < -0.39 is 18.2 Å². The Labute approximate surface area is 136 Å². The molecule has 23 heavy (non-hydrogen) atoms. The highest BCUT2D eigenvalue weighted by atomic mass is 16.5. The third kappa shape index (κ3) is 5.56. The van der Waals surface area contributed by atoms with Crippen molar-refractivity contribution >= 4 is 11.9 Å². The van der Waals surface area contributed by atoms with E-state index in [0.717, 1.165) is 5.56 Å². The minimum absolute atomic E-state index is 0.107. The first kappa shape index (κ1) is 19.0. The van der Waals surface area contributed by atoms with Crippen molar-refractivity contribution in [2.45, 2.75) is 45.8 Å². The van der Waals surface area contributed by atoms with E-state index in [9.17, 15) is 9.59 Å². The number of nitrogens with one attached hydrogen (secondary N) is 1. The van der Waals surface area contributed by atoms with E-state index in [0.29, 0.717) is 11.7 Å². The van der Waals surface area contributed by atoms with Gasteiger partial charge in [-0.25, -0.2) is 4.79 Å². The van der Waals surface area contributed by atoms with Gasteiger partial charge in [0, 0.05) is 7.11 Å². The van der Waals surface area contributed by atoms with Gasteiger partial charge in [-0.05, 0) is 43.0 Å². The van der Waals surface area contributed by atoms with Crippen LogP contribution < -0.4 is 10.1 Å². The molecule has 0 aliphatic rings. The maximum absolute atomic E-state index is 12.0. The van der Waals surface area contributed by atoms with Crippen LogP contribution >= 0.6 is 0 Å². The van der Waals surface area contributed by atoms with Crippen LogP contribution in [0.3, 0.4) is 0 Å². The first-order valence-electron chi connectivity index (χ1n) is 7.56. The van der Waals surface area contributed by atoms with Gasteiger partial charge in [0.2, 0.25) is 0 Å². The van der Waals surface area contributed by atoms with Gasteiger partial charge in [0.25, 0.3) is 5.91 Å². The summed E-state index contributed by atoms with van der Waals surface area (Å²) < 4.78 is 10.4. The molecule has 0 heterocycles. The number of ether oxygens (including phenoxy) is 2. The normalized spacial score (nSPS) is 13.5. The molecule has 2 unspecified atom stereocenters. The summed E-state index contributed by atoms with van der Waals surface area (Å²) in [4.78, 5) is 22.8. The van der Waals surface area contributed by atoms with Crippen LogP contribution in [0.2, 0.25) is 0 Å². The molecule has 1 rings (SSSR count). The molecule has 0 bridgehead atoms. The standard InChI is InChI=1S/C17H25NO5/c1-10(2)14-7-6-13(8-11(14)3)23-12(4)16(19)18-9-15(22-5)17(20)21/h6-8,10,12,15H,9H2,1-5H3,(H,18,19)(H,20,21). The van der Waals surface area contributed by atoms with Crippen LogP contribution in [0.4, 0.5) is 0 Å². The Morgan fingerprint density at radius 3 is 2.39 bits per heavy atom. The van der Waals surface area contributed by atoms with Crippen molar-refractivity contribution < 1.29 is 24.2 Å². The molecule has 0 saturated heterocycles. The van der Waals surface area contributed by atoms with E-state index in [2.05, 4.69) is 19.2 Å². The largest absolute Gasteiger partial charge is 0.481 e. The van der Waals surface area contributed by atoms with Gasteiger partial charge in [0.1, 0.15) is 5.75 Å². The number of aliphatic carboxylic acids is 1. The molecule has 0 aromatic heterocycles. The summed E-state index contributed by atoms with van der Waals surface area (Å²) in [5.41, 5.74) is 2.34. The molecule has 128 valence electrons. The molecule has 2 atom stereocenters. The summed E-state index contributed by atoms with van der Waals surface area (Å²) in [5, 5.41) is 11.4. The van der Waals surface area contributed by atoms with Crippen LogP contribution in [-0.4, -0.2) is 42.8 Å². The number of hydrogen-bond acceptors (Lipinski definition) is 4. The fraction of sp³-hybridized carbons (Fsp3) is 0.529. The first-order valence-corrected chi connectivity index (χ1v) is 7.56. The Balaban J connectivity index is 2.61. The zero-order chi connectivity index (χ0) is 17.6. The van der Waals surface area contributed by atoms with Gasteiger partial charge < -0.3 is 19.9 Å². The van der Waals surface area contributed by atoms with Crippen LogP contribution in [0.5, 0.6) is 5.75 Å².